The highest BCUT2D eigenvalue weighted by atomic mass is 16.5. The SMILES string of the molecule is C=CC(=O)N1CCN(C(=O)CCc2cc(-c3ccccc3)c(C)cc2OC)CC1. The van der Waals surface area contributed by atoms with E-state index >= 15 is 0 Å². The van der Waals surface area contributed by atoms with E-state index in [4.69, 9.17) is 4.74 Å². The molecule has 2 aromatic carbocycles. The maximum absolute atomic E-state index is 12.7. The van der Waals surface area contributed by atoms with E-state index in [9.17, 15) is 9.59 Å². The lowest BCUT2D eigenvalue weighted by molar-refractivity contribution is -0.137. The highest BCUT2D eigenvalue weighted by Crippen LogP contribution is 2.31. The molecule has 2 amide bonds. The van der Waals surface area contributed by atoms with Crippen molar-refractivity contribution in [1.29, 1.82) is 0 Å². The molecule has 0 aliphatic carbocycles. The van der Waals surface area contributed by atoms with Crippen molar-refractivity contribution in [3.8, 4) is 16.9 Å². The largest absolute Gasteiger partial charge is 0.496 e. The molecule has 0 spiro atoms. The van der Waals surface area contributed by atoms with Gasteiger partial charge in [0.15, 0.2) is 0 Å². The summed E-state index contributed by atoms with van der Waals surface area (Å²) in [6, 6.07) is 14.4. The van der Waals surface area contributed by atoms with Crippen LogP contribution in [-0.4, -0.2) is 54.9 Å². The number of carbonyl (C=O) groups excluding carboxylic acids is 2. The minimum Gasteiger partial charge on any atom is -0.496 e. The van der Waals surface area contributed by atoms with Crippen molar-refractivity contribution in [3.63, 3.8) is 0 Å². The first kappa shape index (κ1) is 20.6. The van der Waals surface area contributed by atoms with Crippen LogP contribution in [0.15, 0.2) is 55.1 Å². The summed E-state index contributed by atoms with van der Waals surface area (Å²) in [4.78, 5) is 28.0. The molecule has 1 aliphatic heterocycles. The standard InChI is InChI=1S/C24H28N2O3/c1-4-23(27)25-12-14-26(15-13-25)24(28)11-10-20-17-21(18(2)16-22(20)29-3)19-8-6-5-7-9-19/h4-9,16-17H,1,10-15H2,2-3H3. The Hall–Kier alpha value is -3.08. The molecule has 0 radical (unpaired) electrons. The predicted molar refractivity (Wildman–Crippen MR) is 115 cm³/mol. The number of hydrogen-bond acceptors (Lipinski definition) is 3. The predicted octanol–water partition coefficient (Wildman–Crippen LogP) is 3.46. The lowest BCUT2D eigenvalue weighted by atomic mass is 9.95. The number of amides is 2. The molecule has 1 fully saturated rings. The van der Waals surface area contributed by atoms with E-state index in [0.29, 0.717) is 39.0 Å². The molecule has 0 N–H and O–H groups in total. The molecule has 1 aliphatic rings. The van der Waals surface area contributed by atoms with E-state index in [1.165, 1.54) is 6.08 Å². The van der Waals surface area contributed by atoms with Crippen molar-refractivity contribution < 1.29 is 14.3 Å². The van der Waals surface area contributed by atoms with Gasteiger partial charge in [0.25, 0.3) is 0 Å². The topological polar surface area (TPSA) is 49.9 Å². The van der Waals surface area contributed by atoms with Crippen LogP contribution in [-0.2, 0) is 16.0 Å². The molecule has 0 saturated carbocycles. The Bertz CT molecular complexity index is 884. The minimum atomic E-state index is -0.0741. The number of methoxy groups -OCH3 is 1. The smallest absolute Gasteiger partial charge is 0.246 e. The van der Waals surface area contributed by atoms with Crippen LogP contribution < -0.4 is 4.74 Å². The van der Waals surface area contributed by atoms with Crippen LogP contribution in [0.25, 0.3) is 11.1 Å². The molecular formula is C24H28N2O3. The number of ether oxygens (including phenoxy) is 1. The van der Waals surface area contributed by atoms with Crippen LogP contribution in [0.1, 0.15) is 17.5 Å². The van der Waals surface area contributed by atoms with Gasteiger partial charge in [0.05, 0.1) is 7.11 Å². The van der Waals surface area contributed by atoms with Gasteiger partial charge >= 0.3 is 0 Å². The van der Waals surface area contributed by atoms with E-state index in [0.717, 1.165) is 28.0 Å². The summed E-state index contributed by atoms with van der Waals surface area (Å²) in [6.45, 7) is 7.85. The third-order valence-corrected chi connectivity index (χ3v) is 5.44. The van der Waals surface area contributed by atoms with Gasteiger partial charge in [-0.1, -0.05) is 36.9 Å². The van der Waals surface area contributed by atoms with Crippen molar-refractivity contribution in [1.82, 2.24) is 9.80 Å². The van der Waals surface area contributed by atoms with Crippen LogP contribution in [0.4, 0.5) is 0 Å². The fraction of sp³-hybridized carbons (Fsp3) is 0.333. The van der Waals surface area contributed by atoms with Gasteiger partial charge in [-0.05, 0) is 53.8 Å². The molecule has 0 atom stereocenters. The number of aryl methyl sites for hydroxylation is 2. The molecule has 5 heteroatoms. The van der Waals surface area contributed by atoms with E-state index in [-0.39, 0.29) is 11.8 Å². The zero-order chi connectivity index (χ0) is 20.8. The van der Waals surface area contributed by atoms with Crippen molar-refractivity contribution in [2.24, 2.45) is 0 Å². The van der Waals surface area contributed by atoms with E-state index < -0.39 is 0 Å². The van der Waals surface area contributed by atoms with Crippen molar-refractivity contribution in [2.75, 3.05) is 33.3 Å². The van der Waals surface area contributed by atoms with Crippen LogP contribution in [0.5, 0.6) is 5.75 Å². The second kappa shape index (κ2) is 9.41. The van der Waals surface area contributed by atoms with Crippen LogP contribution in [0.2, 0.25) is 0 Å². The zero-order valence-electron chi connectivity index (χ0n) is 17.2. The third-order valence-electron chi connectivity index (χ3n) is 5.44. The molecule has 0 unspecified atom stereocenters. The Labute approximate surface area is 172 Å². The summed E-state index contributed by atoms with van der Waals surface area (Å²) < 4.78 is 5.57. The maximum atomic E-state index is 12.7. The molecular weight excluding hydrogens is 364 g/mol. The number of nitrogens with zero attached hydrogens (tertiary/aromatic N) is 2. The van der Waals surface area contributed by atoms with Crippen LogP contribution in [0.3, 0.4) is 0 Å². The number of hydrogen-bond donors (Lipinski definition) is 0. The number of carbonyl (C=O) groups is 2. The van der Waals surface area contributed by atoms with Gasteiger partial charge in [-0.3, -0.25) is 9.59 Å². The second-order valence-electron chi connectivity index (χ2n) is 7.26. The molecule has 0 aromatic heterocycles. The van der Waals surface area contributed by atoms with Crippen LogP contribution >= 0.6 is 0 Å². The Morgan fingerprint density at radius 3 is 2.34 bits per heavy atom. The van der Waals surface area contributed by atoms with Crippen molar-refractivity contribution in [3.05, 3.63) is 66.2 Å². The molecule has 2 aromatic rings. The summed E-state index contributed by atoms with van der Waals surface area (Å²) in [5.74, 6) is 0.853. The summed E-state index contributed by atoms with van der Waals surface area (Å²) in [6.07, 6.45) is 2.36. The fourth-order valence-corrected chi connectivity index (χ4v) is 3.75. The quantitative estimate of drug-likeness (QED) is 0.708. The first-order chi connectivity index (χ1) is 14.0. The summed E-state index contributed by atoms with van der Waals surface area (Å²) in [7, 11) is 1.66. The maximum Gasteiger partial charge on any atom is 0.246 e. The molecule has 152 valence electrons. The van der Waals surface area contributed by atoms with E-state index in [1.807, 2.05) is 29.2 Å². The average molecular weight is 392 g/mol. The Morgan fingerprint density at radius 1 is 1.07 bits per heavy atom. The minimum absolute atomic E-state index is 0.0741. The molecule has 1 heterocycles. The molecule has 5 nitrogen and oxygen atoms in total. The van der Waals surface area contributed by atoms with Crippen LogP contribution in [0, 0.1) is 6.92 Å². The van der Waals surface area contributed by atoms with Gasteiger partial charge in [0.1, 0.15) is 5.75 Å². The van der Waals surface area contributed by atoms with Gasteiger partial charge in [-0.15, -0.1) is 0 Å². The lowest BCUT2D eigenvalue weighted by Crippen LogP contribution is -2.50. The van der Waals surface area contributed by atoms with E-state index in [1.54, 1.807) is 12.0 Å². The third kappa shape index (κ3) is 4.86. The normalized spacial score (nSPS) is 13.9. The Morgan fingerprint density at radius 2 is 1.72 bits per heavy atom. The fourth-order valence-electron chi connectivity index (χ4n) is 3.75. The first-order valence-electron chi connectivity index (χ1n) is 9.95. The van der Waals surface area contributed by atoms with Crippen molar-refractivity contribution in [2.45, 2.75) is 19.8 Å². The molecule has 3 rings (SSSR count). The molecule has 1 saturated heterocycles. The summed E-state index contributed by atoms with van der Waals surface area (Å²) in [5.41, 5.74) is 4.49. The van der Waals surface area contributed by atoms with Gasteiger partial charge in [-0.25, -0.2) is 0 Å². The molecule has 0 bridgehead atoms. The summed E-state index contributed by atoms with van der Waals surface area (Å²) in [5, 5.41) is 0. The highest BCUT2D eigenvalue weighted by molar-refractivity contribution is 5.87. The van der Waals surface area contributed by atoms with Gasteiger partial charge < -0.3 is 14.5 Å². The van der Waals surface area contributed by atoms with Gasteiger partial charge in [-0.2, -0.15) is 0 Å². The summed E-state index contributed by atoms with van der Waals surface area (Å²) >= 11 is 0. The van der Waals surface area contributed by atoms with Gasteiger partial charge in [0, 0.05) is 32.6 Å². The average Bonchev–Trinajstić information content (AvgIpc) is 2.77. The van der Waals surface area contributed by atoms with Crippen molar-refractivity contribution >= 4 is 11.8 Å². The number of rotatable bonds is 6. The number of benzene rings is 2. The monoisotopic (exact) mass is 392 g/mol. The number of piperazine rings is 1. The molecule has 29 heavy (non-hydrogen) atoms. The highest BCUT2D eigenvalue weighted by Gasteiger charge is 2.23. The second-order valence-corrected chi connectivity index (χ2v) is 7.26. The van der Waals surface area contributed by atoms with E-state index in [2.05, 4.69) is 31.7 Å². The zero-order valence-corrected chi connectivity index (χ0v) is 17.2. The lowest BCUT2D eigenvalue weighted by Gasteiger charge is -2.34. The first-order valence-corrected chi connectivity index (χ1v) is 9.95. The Kier molecular flexibility index (Phi) is 6.70. The Balaban J connectivity index is 1.68. The van der Waals surface area contributed by atoms with Gasteiger partial charge in [0.2, 0.25) is 11.8 Å².